The van der Waals surface area contributed by atoms with E-state index in [1.54, 1.807) is 0 Å². The van der Waals surface area contributed by atoms with E-state index in [4.69, 9.17) is 9.15 Å². The number of nitrogens with zero attached hydrogens (tertiary/aromatic N) is 1. The number of oxazole rings is 1. The van der Waals surface area contributed by atoms with Crippen LogP contribution in [0.3, 0.4) is 0 Å². The van der Waals surface area contributed by atoms with Crippen molar-refractivity contribution in [2.75, 3.05) is 11.9 Å². The Bertz CT molecular complexity index is 1250. The Morgan fingerprint density at radius 2 is 1.85 bits per heavy atom. The lowest BCUT2D eigenvalue weighted by Crippen LogP contribution is -2.20. The molecule has 5 nitrogen and oxygen atoms in total. The van der Waals surface area contributed by atoms with Crippen LogP contribution >= 0.6 is 0 Å². The zero-order chi connectivity index (χ0) is 22.6. The summed E-state index contributed by atoms with van der Waals surface area (Å²) in [6.07, 6.45) is 6.52. The highest BCUT2D eigenvalue weighted by Crippen LogP contribution is 2.33. The maximum absolute atomic E-state index is 12.5. The van der Waals surface area contributed by atoms with Gasteiger partial charge in [0.15, 0.2) is 12.2 Å². The molecule has 1 amide bonds. The molecule has 33 heavy (non-hydrogen) atoms. The van der Waals surface area contributed by atoms with E-state index in [2.05, 4.69) is 22.4 Å². The number of aromatic nitrogens is 1. The Morgan fingerprint density at radius 3 is 2.67 bits per heavy atom. The number of anilines is 1. The van der Waals surface area contributed by atoms with Crippen LogP contribution in [0.15, 0.2) is 71.1 Å². The molecule has 0 aliphatic heterocycles. The van der Waals surface area contributed by atoms with Crippen LogP contribution in [0.25, 0.3) is 22.6 Å². The van der Waals surface area contributed by atoms with E-state index in [-0.39, 0.29) is 12.5 Å². The predicted molar refractivity (Wildman–Crippen MR) is 131 cm³/mol. The molecule has 1 heterocycles. The molecule has 5 heteroatoms. The Morgan fingerprint density at radius 1 is 1.03 bits per heavy atom. The standard InChI is InChI=1S/C28H28N2O3/c1-19-10-15-26-25(16-19)30-28(33-26)22-8-5-9-23(17-22)29-27(31)18-32-24-13-11-21(12-14-24)20-6-3-2-4-7-20/h5,8-17,20H,2-4,6-7,18H2,1H3,(H,29,31). The highest BCUT2D eigenvalue weighted by molar-refractivity contribution is 5.92. The quantitative estimate of drug-likeness (QED) is 0.355. The molecule has 1 aliphatic rings. The fraction of sp³-hybridized carbons (Fsp3) is 0.286. The summed E-state index contributed by atoms with van der Waals surface area (Å²) in [5, 5.41) is 2.89. The minimum absolute atomic E-state index is 0.0465. The Hall–Kier alpha value is -3.60. The number of hydrogen-bond acceptors (Lipinski definition) is 4. The van der Waals surface area contributed by atoms with Gasteiger partial charge in [0.1, 0.15) is 11.3 Å². The topological polar surface area (TPSA) is 64.4 Å². The largest absolute Gasteiger partial charge is 0.484 e. The van der Waals surface area contributed by atoms with Gasteiger partial charge in [0.2, 0.25) is 5.89 Å². The van der Waals surface area contributed by atoms with Crippen LogP contribution in [0.4, 0.5) is 5.69 Å². The monoisotopic (exact) mass is 440 g/mol. The molecule has 0 bridgehead atoms. The summed E-state index contributed by atoms with van der Waals surface area (Å²) in [6.45, 7) is 1.98. The second kappa shape index (κ2) is 9.49. The molecule has 5 rings (SSSR count). The molecule has 1 saturated carbocycles. The van der Waals surface area contributed by atoms with Crippen LogP contribution in [-0.4, -0.2) is 17.5 Å². The maximum atomic E-state index is 12.5. The molecule has 0 atom stereocenters. The number of carbonyl (C=O) groups excluding carboxylic acids is 1. The van der Waals surface area contributed by atoms with E-state index in [1.807, 2.05) is 61.5 Å². The second-order valence-electron chi connectivity index (χ2n) is 8.81. The van der Waals surface area contributed by atoms with Gasteiger partial charge in [-0.3, -0.25) is 4.79 Å². The van der Waals surface area contributed by atoms with Crippen molar-refractivity contribution in [3.8, 4) is 17.2 Å². The molecule has 0 spiro atoms. The summed E-state index contributed by atoms with van der Waals surface area (Å²) in [6, 6.07) is 21.6. The average Bonchev–Trinajstić information content (AvgIpc) is 3.27. The van der Waals surface area contributed by atoms with Gasteiger partial charge in [0.05, 0.1) is 0 Å². The highest BCUT2D eigenvalue weighted by Gasteiger charge is 2.15. The second-order valence-corrected chi connectivity index (χ2v) is 8.81. The van der Waals surface area contributed by atoms with Crippen LogP contribution < -0.4 is 10.1 Å². The normalized spacial score (nSPS) is 14.3. The molecule has 4 aromatic rings. The van der Waals surface area contributed by atoms with Crippen molar-refractivity contribution in [2.24, 2.45) is 0 Å². The molecular formula is C28H28N2O3. The number of carbonyl (C=O) groups is 1. The fourth-order valence-electron chi connectivity index (χ4n) is 4.51. The van der Waals surface area contributed by atoms with Crippen LogP contribution in [0.5, 0.6) is 5.75 Å². The zero-order valence-electron chi connectivity index (χ0n) is 18.8. The summed E-state index contributed by atoms with van der Waals surface area (Å²) >= 11 is 0. The molecular weight excluding hydrogens is 412 g/mol. The van der Waals surface area contributed by atoms with Gasteiger partial charge in [0.25, 0.3) is 5.91 Å². The fourth-order valence-corrected chi connectivity index (χ4v) is 4.51. The molecule has 0 radical (unpaired) electrons. The molecule has 1 aromatic heterocycles. The molecule has 3 aromatic carbocycles. The van der Waals surface area contributed by atoms with Gasteiger partial charge in [-0.25, -0.2) is 4.98 Å². The van der Waals surface area contributed by atoms with Gasteiger partial charge in [-0.05, 0) is 79.3 Å². The number of rotatable bonds is 6. The van der Waals surface area contributed by atoms with Gasteiger partial charge in [-0.2, -0.15) is 0 Å². The first-order chi connectivity index (χ1) is 16.1. The van der Waals surface area contributed by atoms with E-state index < -0.39 is 0 Å². The average molecular weight is 441 g/mol. The number of nitrogens with one attached hydrogen (secondary N) is 1. The van der Waals surface area contributed by atoms with Crippen LogP contribution in [-0.2, 0) is 4.79 Å². The zero-order valence-corrected chi connectivity index (χ0v) is 18.8. The van der Waals surface area contributed by atoms with Crippen LogP contribution in [0.1, 0.15) is 49.1 Å². The summed E-state index contributed by atoms with van der Waals surface area (Å²) in [7, 11) is 0. The van der Waals surface area contributed by atoms with Crippen molar-refractivity contribution >= 4 is 22.7 Å². The smallest absolute Gasteiger partial charge is 0.262 e. The molecule has 0 saturated heterocycles. The SMILES string of the molecule is Cc1ccc2oc(-c3cccc(NC(=O)COc4ccc(C5CCCCC5)cc4)c3)nc2c1. The Balaban J connectivity index is 1.19. The van der Waals surface area contributed by atoms with Gasteiger partial charge in [-0.15, -0.1) is 0 Å². The van der Waals surface area contributed by atoms with Gasteiger partial charge in [0, 0.05) is 11.3 Å². The number of amides is 1. The van der Waals surface area contributed by atoms with E-state index >= 15 is 0 Å². The van der Waals surface area contributed by atoms with Crippen molar-refractivity contribution < 1.29 is 13.9 Å². The van der Waals surface area contributed by atoms with Gasteiger partial charge < -0.3 is 14.5 Å². The third-order valence-electron chi connectivity index (χ3n) is 6.26. The van der Waals surface area contributed by atoms with Crippen molar-refractivity contribution in [3.05, 3.63) is 77.9 Å². The highest BCUT2D eigenvalue weighted by atomic mass is 16.5. The van der Waals surface area contributed by atoms with Gasteiger partial charge >= 0.3 is 0 Å². The number of benzene rings is 3. The number of ether oxygens (including phenoxy) is 1. The van der Waals surface area contributed by atoms with E-state index in [9.17, 15) is 4.79 Å². The van der Waals surface area contributed by atoms with E-state index in [0.717, 1.165) is 22.2 Å². The van der Waals surface area contributed by atoms with Crippen molar-refractivity contribution in [3.63, 3.8) is 0 Å². The van der Waals surface area contributed by atoms with Crippen LogP contribution in [0, 0.1) is 6.92 Å². The minimum Gasteiger partial charge on any atom is -0.484 e. The third kappa shape index (κ3) is 5.08. The molecule has 168 valence electrons. The maximum Gasteiger partial charge on any atom is 0.262 e. The first-order valence-electron chi connectivity index (χ1n) is 11.6. The lowest BCUT2D eigenvalue weighted by Gasteiger charge is -2.22. The third-order valence-corrected chi connectivity index (χ3v) is 6.26. The van der Waals surface area contributed by atoms with E-state index in [0.29, 0.717) is 23.2 Å². The lowest BCUT2D eigenvalue weighted by atomic mass is 9.84. The molecule has 1 N–H and O–H groups in total. The number of aryl methyl sites for hydroxylation is 1. The van der Waals surface area contributed by atoms with Crippen molar-refractivity contribution in [2.45, 2.75) is 44.9 Å². The summed E-state index contributed by atoms with van der Waals surface area (Å²) < 4.78 is 11.6. The molecule has 1 aliphatic carbocycles. The number of hydrogen-bond donors (Lipinski definition) is 1. The van der Waals surface area contributed by atoms with Crippen molar-refractivity contribution in [1.29, 1.82) is 0 Å². The minimum atomic E-state index is -0.211. The van der Waals surface area contributed by atoms with E-state index in [1.165, 1.54) is 37.7 Å². The first kappa shape index (κ1) is 21.3. The van der Waals surface area contributed by atoms with Crippen molar-refractivity contribution in [1.82, 2.24) is 4.98 Å². The lowest BCUT2D eigenvalue weighted by molar-refractivity contribution is -0.118. The first-order valence-corrected chi connectivity index (χ1v) is 11.6. The Labute approximate surface area is 193 Å². The Kier molecular flexibility index (Phi) is 6.11. The molecule has 1 fully saturated rings. The van der Waals surface area contributed by atoms with Gasteiger partial charge in [-0.1, -0.05) is 43.5 Å². The van der Waals surface area contributed by atoms with Crippen LogP contribution in [0.2, 0.25) is 0 Å². The summed E-state index contributed by atoms with van der Waals surface area (Å²) in [5.74, 6) is 1.69. The summed E-state index contributed by atoms with van der Waals surface area (Å²) in [5.41, 5.74) is 5.55. The predicted octanol–water partition coefficient (Wildman–Crippen LogP) is 6.87. The number of fused-ring (bicyclic) bond motifs is 1. The molecule has 0 unspecified atom stereocenters. The summed E-state index contributed by atoms with van der Waals surface area (Å²) in [4.78, 5) is 17.0.